The summed E-state index contributed by atoms with van der Waals surface area (Å²) in [5.41, 5.74) is 2.47. The van der Waals surface area contributed by atoms with E-state index in [1.807, 2.05) is 54.6 Å². The first-order valence-corrected chi connectivity index (χ1v) is 12.1. The highest BCUT2D eigenvalue weighted by molar-refractivity contribution is 8.93. The molecule has 0 N–H and O–H groups in total. The molecule has 0 bridgehead atoms. The van der Waals surface area contributed by atoms with Crippen molar-refractivity contribution in [2.45, 2.75) is 19.3 Å². The molecule has 0 aliphatic carbocycles. The van der Waals surface area contributed by atoms with Gasteiger partial charge in [-0.2, -0.15) is 0 Å². The molecule has 5 rings (SSSR count). The summed E-state index contributed by atoms with van der Waals surface area (Å²) in [6.45, 7) is 5.61. The molecular weight excluding hydrogens is 514 g/mol. The fourth-order valence-corrected chi connectivity index (χ4v) is 5.15. The van der Waals surface area contributed by atoms with E-state index in [0.29, 0.717) is 17.7 Å². The normalized spacial score (nSPS) is 16.1. The Kier molecular flexibility index (Phi) is 7.91. The first-order chi connectivity index (χ1) is 16.1. The Morgan fingerprint density at radius 1 is 0.735 bits per heavy atom. The molecule has 1 saturated heterocycles. The van der Waals surface area contributed by atoms with Gasteiger partial charge in [-0.25, -0.2) is 0 Å². The van der Waals surface area contributed by atoms with Gasteiger partial charge in [0.1, 0.15) is 0 Å². The average Bonchev–Trinajstić information content (AvgIpc) is 2.84. The third kappa shape index (κ3) is 4.99. The van der Waals surface area contributed by atoms with E-state index in [9.17, 15) is 9.59 Å². The predicted molar refractivity (Wildman–Crippen MR) is 144 cm³/mol. The highest BCUT2D eigenvalue weighted by Gasteiger charge is 2.32. The smallest absolute Gasteiger partial charge is 0.261 e. The van der Waals surface area contributed by atoms with Crippen molar-refractivity contribution in [2.24, 2.45) is 0 Å². The highest BCUT2D eigenvalue weighted by atomic mass is 79.9. The van der Waals surface area contributed by atoms with Gasteiger partial charge in [-0.05, 0) is 55.1 Å². The summed E-state index contributed by atoms with van der Waals surface area (Å²) >= 11 is 6.13. The number of unbranched alkanes of at least 4 members (excludes halogenated alkanes) is 2. The van der Waals surface area contributed by atoms with Crippen LogP contribution in [0.4, 0.5) is 5.69 Å². The van der Waals surface area contributed by atoms with Gasteiger partial charge in [-0.1, -0.05) is 48.4 Å². The van der Waals surface area contributed by atoms with E-state index >= 15 is 0 Å². The molecule has 0 aromatic heterocycles. The number of piperazine rings is 1. The van der Waals surface area contributed by atoms with Crippen LogP contribution < -0.4 is 4.90 Å². The number of nitrogens with zero attached hydrogens (tertiary/aromatic N) is 3. The van der Waals surface area contributed by atoms with E-state index in [-0.39, 0.29) is 28.8 Å². The Balaban J connectivity index is 0.00000274. The summed E-state index contributed by atoms with van der Waals surface area (Å²) in [7, 11) is 0. The predicted octanol–water partition coefficient (Wildman–Crippen LogP) is 5.66. The van der Waals surface area contributed by atoms with Crippen LogP contribution >= 0.6 is 28.6 Å². The number of amides is 2. The first-order valence-electron chi connectivity index (χ1n) is 11.7. The summed E-state index contributed by atoms with van der Waals surface area (Å²) in [5.74, 6) is -0.331. The molecule has 3 aromatic rings. The minimum absolute atomic E-state index is 0. The molecular formula is C27H29BrClN3O2. The molecule has 2 heterocycles. The van der Waals surface area contributed by atoms with Gasteiger partial charge in [-0.3, -0.25) is 19.4 Å². The molecule has 178 valence electrons. The number of anilines is 1. The van der Waals surface area contributed by atoms with E-state index in [4.69, 9.17) is 11.6 Å². The summed E-state index contributed by atoms with van der Waals surface area (Å²) < 4.78 is 0. The second kappa shape index (κ2) is 10.9. The zero-order chi connectivity index (χ0) is 22.8. The maximum Gasteiger partial charge on any atom is 0.261 e. The van der Waals surface area contributed by atoms with Crippen molar-refractivity contribution in [3.05, 3.63) is 76.8 Å². The van der Waals surface area contributed by atoms with Gasteiger partial charge in [0.05, 0.1) is 0 Å². The average molecular weight is 543 g/mol. The molecule has 0 spiro atoms. The zero-order valence-corrected chi connectivity index (χ0v) is 21.6. The molecule has 3 aromatic carbocycles. The first kappa shape index (κ1) is 24.7. The lowest BCUT2D eigenvalue weighted by Gasteiger charge is -2.36. The lowest BCUT2D eigenvalue weighted by molar-refractivity contribution is 0.0607. The number of imide groups is 1. The Morgan fingerprint density at radius 3 is 2.00 bits per heavy atom. The molecule has 7 heteroatoms. The quantitative estimate of drug-likeness (QED) is 0.285. The van der Waals surface area contributed by atoms with Gasteiger partial charge in [0.2, 0.25) is 0 Å². The summed E-state index contributed by atoms with van der Waals surface area (Å²) in [6.07, 6.45) is 2.90. The second-order valence-corrected chi connectivity index (χ2v) is 9.28. The molecule has 0 saturated carbocycles. The summed E-state index contributed by atoms with van der Waals surface area (Å²) in [4.78, 5) is 32.3. The van der Waals surface area contributed by atoms with E-state index in [1.54, 1.807) is 0 Å². The van der Waals surface area contributed by atoms with Crippen LogP contribution in [0.5, 0.6) is 0 Å². The Hall–Kier alpha value is -2.41. The largest absolute Gasteiger partial charge is 0.369 e. The van der Waals surface area contributed by atoms with Crippen LogP contribution in [-0.2, 0) is 0 Å². The van der Waals surface area contributed by atoms with E-state index in [1.165, 1.54) is 10.6 Å². The van der Waals surface area contributed by atoms with Crippen molar-refractivity contribution in [3.8, 4) is 0 Å². The molecule has 0 atom stereocenters. The van der Waals surface area contributed by atoms with Gasteiger partial charge in [-0.15, -0.1) is 17.0 Å². The SMILES string of the molecule is Br.O=C1c2cccc3cccc(c23)C(=O)N1CCCCCN1CCN(c2cccc(Cl)c2)CC1. The number of hydrogen-bond acceptors (Lipinski definition) is 4. The molecule has 0 radical (unpaired) electrons. The summed E-state index contributed by atoms with van der Waals surface area (Å²) in [5, 5.41) is 2.52. The molecule has 2 aliphatic heterocycles. The van der Waals surface area contributed by atoms with Crippen molar-refractivity contribution in [1.82, 2.24) is 9.80 Å². The molecule has 1 fully saturated rings. The van der Waals surface area contributed by atoms with Crippen LogP contribution in [0.15, 0.2) is 60.7 Å². The van der Waals surface area contributed by atoms with Gasteiger partial charge in [0.25, 0.3) is 11.8 Å². The second-order valence-electron chi connectivity index (χ2n) is 8.84. The Labute approximate surface area is 216 Å². The number of carbonyl (C=O) groups excluding carboxylic acids is 2. The Bertz CT molecular complexity index is 1140. The molecule has 2 amide bonds. The molecule has 5 nitrogen and oxygen atoms in total. The number of halogens is 2. The summed E-state index contributed by atoms with van der Waals surface area (Å²) in [6, 6.07) is 19.4. The topological polar surface area (TPSA) is 43.9 Å². The van der Waals surface area contributed by atoms with E-state index in [2.05, 4.69) is 15.9 Å². The van der Waals surface area contributed by atoms with Gasteiger partial charge < -0.3 is 4.90 Å². The van der Waals surface area contributed by atoms with Crippen molar-refractivity contribution >= 4 is 56.9 Å². The fraction of sp³-hybridized carbons (Fsp3) is 0.333. The van der Waals surface area contributed by atoms with Crippen LogP contribution in [-0.4, -0.2) is 60.9 Å². The minimum atomic E-state index is -0.165. The van der Waals surface area contributed by atoms with E-state index in [0.717, 1.165) is 67.8 Å². The maximum absolute atomic E-state index is 13.0. The fourth-order valence-electron chi connectivity index (χ4n) is 4.97. The van der Waals surface area contributed by atoms with Crippen molar-refractivity contribution < 1.29 is 9.59 Å². The number of hydrogen-bond donors (Lipinski definition) is 0. The number of rotatable bonds is 7. The van der Waals surface area contributed by atoms with Crippen LogP contribution in [0.3, 0.4) is 0 Å². The Morgan fingerprint density at radius 2 is 1.35 bits per heavy atom. The van der Waals surface area contributed by atoms with Crippen LogP contribution in [0.1, 0.15) is 40.0 Å². The standard InChI is InChI=1S/C27H28ClN3O2.BrH/c28-21-9-6-10-22(19-21)30-17-15-29(16-18-30)13-2-1-3-14-31-26(32)23-11-4-7-20-8-5-12-24(25(20)23)27(31)33;/h4-12,19H,1-3,13-18H2;1H. The maximum atomic E-state index is 13.0. The van der Waals surface area contributed by atoms with Gasteiger partial charge in [0.15, 0.2) is 0 Å². The van der Waals surface area contributed by atoms with Crippen molar-refractivity contribution in [2.75, 3.05) is 44.2 Å². The highest BCUT2D eigenvalue weighted by Crippen LogP contribution is 2.30. The van der Waals surface area contributed by atoms with Crippen LogP contribution in [0.2, 0.25) is 5.02 Å². The lowest BCUT2D eigenvalue weighted by Crippen LogP contribution is -2.46. The minimum Gasteiger partial charge on any atom is -0.369 e. The molecule has 34 heavy (non-hydrogen) atoms. The lowest BCUT2D eigenvalue weighted by atomic mass is 9.94. The number of carbonyl (C=O) groups is 2. The van der Waals surface area contributed by atoms with Gasteiger partial charge >= 0.3 is 0 Å². The van der Waals surface area contributed by atoms with Crippen molar-refractivity contribution in [3.63, 3.8) is 0 Å². The monoisotopic (exact) mass is 541 g/mol. The molecule has 2 aliphatic rings. The third-order valence-corrected chi connectivity index (χ3v) is 6.99. The van der Waals surface area contributed by atoms with Gasteiger partial charge in [0, 0.05) is 59.9 Å². The number of benzene rings is 3. The van der Waals surface area contributed by atoms with Crippen molar-refractivity contribution in [1.29, 1.82) is 0 Å². The third-order valence-electron chi connectivity index (χ3n) is 6.76. The zero-order valence-electron chi connectivity index (χ0n) is 19.1. The van der Waals surface area contributed by atoms with Crippen LogP contribution in [0, 0.1) is 0 Å². The molecule has 0 unspecified atom stereocenters. The van der Waals surface area contributed by atoms with Crippen LogP contribution in [0.25, 0.3) is 10.8 Å². The van der Waals surface area contributed by atoms with E-state index < -0.39 is 0 Å².